The fraction of sp³-hybridized carbons (Fsp3) is 1.00. The lowest BCUT2D eigenvalue weighted by molar-refractivity contribution is 0.143. The van der Waals surface area contributed by atoms with Gasteiger partial charge in [0.2, 0.25) is 0 Å². The van der Waals surface area contributed by atoms with Gasteiger partial charge in [-0.25, -0.2) is 0 Å². The van der Waals surface area contributed by atoms with Crippen LogP contribution in [0.2, 0.25) is 0 Å². The predicted octanol–water partition coefficient (Wildman–Crippen LogP) is 2.56. The average Bonchev–Trinajstić information content (AvgIpc) is 1.62. The number of hydrogen-bond donors (Lipinski definition) is 0. The van der Waals surface area contributed by atoms with E-state index in [-0.39, 0.29) is 5.60 Å². The molecule has 0 aromatic heterocycles. The first kappa shape index (κ1) is 9.06. The zero-order valence-corrected chi connectivity index (χ0v) is 7.37. The van der Waals surface area contributed by atoms with E-state index in [2.05, 4.69) is 0 Å². The van der Waals surface area contributed by atoms with Crippen LogP contribution in [-0.2, 0) is 9.09 Å². The molecule has 0 heterocycles. The Morgan fingerprint density at radius 1 is 1.44 bits per heavy atom. The lowest BCUT2D eigenvalue weighted by Crippen LogP contribution is -2.14. The van der Waals surface area contributed by atoms with Gasteiger partial charge in [-0.15, -0.1) is 4.52 Å². The van der Waals surface area contributed by atoms with Crippen LogP contribution in [0.25, 0.3) is 0 Å². The van der Waals surface area contributed by atoms with E-state index in [1.807, 2.05) is 27.7 Å². The summed E-state index contributed by atoms with van der Waals surface area (Å²) in [7, 11) is -1.42. The van der Waals surface area contributed by atoms with Crippen molar-refractivity contribution < 1.29 is 9.09 Å². The summed E-state index contributed by atoms with van der Waals surface area (Å²) in [6.07, 6.45) is 0.604. The molecule has 0 spiro atoms. The Morgan fingerprint density at radius 2 is 1.89 bits per heavy atom. The van der Waals surface area contributed by atoms with Crippen LogP contribution in [0.4, 0.5) is 0 Å². The molecule has 0 radical (unpaired) electrons. The van der Waals surface area contributed by atoms with E-state index >= 15 is 0 Å². The molecule has 54 valence electrons. The maximum Gasteiger partial charge on any atom is 0.508 e. The van der Waals surface area contributed by atoms with E-state index in [1.54, 1.807) is 0 Å². The number of hydrogen-bond acceptors (Lipinski definition) is 2. The van der Waals surface area contributed by atoms with Gasteiger partial charge in [-0.3, -0.25) is 0 Å². The minimum Gasteiger partial charge on any atom is -0.141 e. The van der Waals surface area contributed by atoms with Gasteiger partial charge in [0.25, 0.3) is 0 Å². The zero-order chi connectivity index (χ0) is 7.49. The van der Waals surface area contributed by atoms with Crippen molar-refractivity contribution in [2.75, 3.05) is 6.16 Å². The SMILES string of the molecule is CC[P+](=O)OC(C)(C)C. The van der Waals surface area contributed by atoms with E-state index in [9.17, 15) is 4.57 Å². The van der Waals surface area contributed by atoms with Crippen molar-refractivity contribution in [2.24, 2.45) is 0 Å². The van der Waals surface area contributed by atoms with Crippen LogP contribution < -0.4 is 0 Å². The Bertz CT molecular complexity index is 104. The Balaban J connectivity index is 3.60. The highest BCUT2D eigenvalue weighted by Crippen LogP contribution is 2.28. The smallest absolute Gasteiger partial charge is 0.141 e. The van der Waals surface area contributed by atoms with Crippen LogP contribution in [0.1, 0.15) is 27.7 Å². The fourth-order valence-corrected chi connectivity index (χ4v) is 1.11. The molecular formula is C6H14O2P+. The highest BCUT2D eigenvalue weighted by molar-refractivity contribution is 7.39. The molecule has 1 atom stereocenters. The van der Waals surface area contributed by atoms with Crippen molar-refractivity contribution in [3.8, 4) is 0 Å². The van der Waals surface area contributed by atoms with Gasteiger partial charge in [0.05, 0.1) is 0 Å². The zero-order valence-electron chi connectivity index (χ0n) is 6.47. The molecule has 0 aliphatic rings. The molecule has 0 aliphatic carbocycles. The minimum absolute atomic E-state index is 0.260. The van der Waals surface area contributed by atoms with Crippen LogP contribution in [0.15, 0.2) is 0 Å². The summed E-state index contributed by atoms with van der Waals surface area (Å²) < 4.78 is 15.8. The van der Waals surface area contributed by atoms with Gasteiger partial charge < -0.3 is 0 Å². The van der Waals surface area contributed by atoms with Gasteiger partial charge >= 0.3 is 8.03 Å². The summed E-state index contributed by atoms with van der Waals surface area (Å²) in [6.45, 7) is 7.55. The van der Waals surface area contributed by atoms with Crippen molar-refractivity contribution in [1.82, 2.24) is 0 Å². The second-order valence-electron chi connectivity index (χ2n) is 2.85. The van der Waals surface area contributed by atoms with E-state index in [0.717, 1.165) is 0 Å². The molecular weight excluding hydrogens is 135 g/mol. The fourth-order valence-electron chi connectivity index (χ4n) is 0.370. The molecule has 0 aromatic rings. The molecule has 9 heavy (non-hydrogen) atoms. The van der Waals surface area contributed by atoms with Gasteiger partial charge in [-0.2, -0.15) is 0 Å². The summed E-state index contributed by atoms with van der Waals surface area (Å²) in [5.41, 5.74) is -0.260. The first-order valence-electron chi connectivity index (χ1n) is 3.09. The van der Waals surface area contributed by atoms with E-state index in [4.69, 9.17) is 4.52 Å². The Morgan fingerprint density at radius 3 is 2.00 bits per heavy atom. The lowest BCUT2D eigenvalue weighted by Gasteiger charge is -2.08. The first-order chi connectivity index (χ1) is 3.95. The minimum atomic E-state index is -1.42. The predicted molar refractivity (Wildman–Crippen MR) is 39.0 cm³/mol. The van der Waals surface area contributed by atoms with Crippen LogP contribution in [-0.4, -0.2) is 11.8 Å². The molecule has 0 aromatic carbocycles. The second-order valence-corrected chi connectivity index (χ2v) is 4.33. The molecule has 0 aliphatic heterocycles. The van der Waals surface area contributed by atoms with Crippen molar-refractivity contribution in [3.63, 3.8) is 0 Å². The summed E-state index contributed by atoms with van der Waals surface area (Å²) in [6, 6.07) is 0. The lowest BCUT2D eigenvalue weighted by atomic mass is 10.2. The van der Waals surface area contributed by atoms with Gasteiger partial charge in [-0.1, -0.05) is 0 Å². The standard InChI is InChI=1S/C6H14O2P/c1-5-9(7)8-6(2,3)4/h5H2,1-4H3/q+1. The summed E-state index contributed by atoms with van der Waals surface area (Å²) in [5.74, 6) is 0. The van der Waals surface area contributed by atoms with Crippen molar-refractivity contribution in [1.29, 1.82) is 0 Å². The average molecular weight is 149 g/mol. The molecule has 0 fully saturated rings. The van der Waals surface area contributed by atoms with Crippen LogP contribution in [0.3, 0.4) is 0 Å². The molecule has 0 rings (SSSR count). The van der Waals surface area contributed by atoms with Crippen molar-refractivity contribution >= 4 is 8.03 Å². The maximum atomic E-state index is 10.8. The van der Waals surface area contributed by atoms with E-state index < -0.39 is 8.03 Å². The Labute approximate surface area is 57.5 Å². The molecule has 0 amide bonds. The second kappa shape index (κ2) is 3.28. The molecule has 0 N–H and O–H groups in total. The topological polar surface area (TPSA) is 26.3 Å². The highest BCUT2D eigenvalue weighted by Gasteiger charge is 2.24. The van der Waals surface area contributed by atoms with Gasteiger partial charge in [-0.05, 0) is 32.3 Å². The van der Waals surface area contributed by atoms with E-state index in [1.165, 1.54) is 0 Å². The third-order valence-electron chi connectivity index (χ3n) is 0.634. The van der Waals surface area contributed by atoms with Crippen molar-refractivity contribution in [3.05, 3.63) is 0 Å². The summed E-state index contributed by atoms with van der Waals surface area (Å²) >= 11 is 0. The van der Waals surface area contributed by atoms with Crippen molar-refractivity contribution in [2.45, 2.75) is 33.3 Å². The third-order valence-corrected chi connectivity index (χ3v) is 1.90. The Kier molecular flexibility index (Phi) is 3.31. The first-order valence-corrected chi connectivity index (χ1v) is 4.46. The summed E-state index contributed by atoms with van der Waals surface area (Å²) in [4.78, 5) is 0. The van der Waals surface area contributed by atoms with Crippen LogP contribution in [0, 0.1) is 0 Å². The maximum absolute atomic E-state index is 10.8. The summed E-state index contributed by atoms with van der Waals surface area (Å²) in [5, 5.41) is 0. The molecule has 1 unspecified atom stereocenters. The third kappa shape index (κ3) is 5.94. The van der Waals surface area contributed by atoms with Gasteiger partial charge in [0.1, 0.15) is 5.60 Å². The normalized spacial score (nSPS) is 13.6. The molecule has 0 bridgehead atoms. The molecule has 3 heteroatoms. The van der Waals surface area contributed by atoms with Crippen LogP contribution in [0.5, 0.6) is 0 Å². The van der Waals surface area contributed by atoms with Gasteiger partial charge in [0, 0.05) is 0 Å². The van der Waals surface area contributed by atoms with E-state index in [0.29, 0.717) is 6.16 Å². The monoisotopic (exact) mass is 149 g/mol. The molecule has 0 saturated carbocycles. The number of rotatable bonds is 2. The quantitative estimate of drug-likeness (QED) is 0.564. The highest BCUT2D eigenvalue weighted by atomic mass is 31.1. The van der Waals surface area contributed by atoms with Gasteiger partial charge in [0.15, 0.2) is 6.16 Å². The largest absolute Gasteiger partial charge is 0.508 e. The Hall–Kier alpha value is 0.0600. The molecule has 0 saturated heterocycles. The molecule has 2 nitrogen and oxygen atoms in total. The van der Waals surface area contributed by atoms with Crippen LogP contribution >= 0.6 is 8.03 Å².